The maximum Gasteiger partial charge on any atom is 0.246 e. The standard InChI is InChI=1S/C25H27N5O4/c31-13-30-20-9-14-11-26-18-4-1-3-15(22(14)18)16(20)10-17(24(30)33)23(32)27-21-12-29-8-7-28-6-2-5-19(28)25(29)34-21/h1,3-4,10-11,13,17,19-21,25-26H,2,5-9,12H2,(H,27,32)/t17-,19-,20+,21+,25-/m0/s1. The van der Waals surface area contributed by atoms with Crippen molar-refractivity contribution in [3.8, 4) is 0 Å². The van der Waals surface area contributed by atoms with E-state index < -0.39 is 30.0 Å². The number of fused-ring (bicyclic) bond motifs is 5. The molecular formula is C25H27N5O4. The molecule has 2 N–H and O–H groups in total. The lowest BCUT2D eigenvalue weighted by Gasteiger charge is -2.39. The molecule has 1 aromatic carbocycles. The fraction of sp³-hybridized carbons (Fsp3) is 0.480. The van der Waals surface area contributed by atoms with Gasteiger partial charge in [-0.3, -0.25) is 29.1 Å². The number of carbonyl (C=O) groups is 3. The van der Waals surface area contributed by atoms with Crippen LogP contribution in [0.1, 0.15) is 24.0 Å². The maximum atomic E-state index is 13.3. The molecule has 1 aromatic heterocycles. The molecule has 5 aliphatic rings. The summed E-state index contributed by atoms with van der Waals surface area (Å²) in [5, 5.41) is 4.06. The number of carbonyl (C=O) groups excluding carboxylic acids is 3. The lowest BCUT2D eigenvalue weighted by molar-refractivity contribution is -0.146. The van der Waals surface area contributed by atoms with Gasteiger partial charge in [0.2, 0.25) is 18.2 Å². The van der Waals surface area contributed by atoms with Crippen molar-refractivity contribution in [2.45, 2.75) is 43.8 Å². The van der Waals surface area contributed by atoms with Crippen LogP contribution in [0.2, 0.25) is 0 Å². The molecule has 0 spiro atoms. The fourth-order valence-electron chi connectivity index (χ4n) is 6.69. The number of nitrogens with one attached hydrogen (secondary N) is 2. The number of H-pyrrole nitrogens is 1. The molecule has 4 aliphatic heterocycles. The third-order valence-electron chi connectivity index (χ3n) is 8.25. The van der Waals surface area contributed by atoms with Gasteiger partial charge in [-0.15, -0.1) is 0 Å². The first-order valence-corrected chi connectivity index (χ1v) is 12.1. The first kappa shape index (κ1) is 20.4. The van der Waals surface area contributed by atoms with Crippen LogP contribution >= 0.6 is 0 Å². The minimum Gasteiger partial charge on any atom is -0.361 e. The van der Waals surface area contributed by atoms with Crippen LogP contribution < -0.4 is 5.32 Å². The predicted molar refractivity (Wildman–Crippen MR) is 123 cm³/mol. The summed E-state index contributed by atoms with van der Waals surface area (Å²) in [6, 6.07) is 5.94. The van der Waals surface area contributed by atoms with E-state index in [2.05, 4.69) is 20.1 Å². The summed E-state index contributed by atoms with van der Waals surface area (Å²) >= 11 is 0. The first-order valence-electron chi connectivity index (χ1n) is 12.1. The number of rotatable bonds is 3. The summed E-state index contributed by atoms with van der Waals surface area (Å²) in [5.41, 5.74) is 3.92. The van der Waals surface area contributed by atoms with Gasteiger partial charge in [-0.1, -0.05) is 18.2 Å². The van der Waals surface area contributed by atoms with Crippen LogP contribution in [-0.2, 0) is 25.5 Å². The average Bonchev–Trinajstić information content (AvgIpc) is 3.57. The number of piperazine rings is 1. The number of imide groups is 1. The normalized spacial score (nSPS) is 32.8. The Kier molecular flexibility index (Phi) is 4.49. The Balaban J connectivity index is 1.17. The Morgan fingerprint density at radius 1 is 1.21 bits per heavy atom. The van der Waals surface area contributed by atoms with Crippen LogP contribution in [0, 0.1) is 5.92 Å². The molecule has 0 radical (unpaired) electrons. The average molecular weight is 462 g/mol. The topological polar surface area (TPSA) is 98.0 Å². The molecule has 9 nitrogen and oxygen atoms in total. The highest BCUT2D eigenvalue weighted by molar-refractivity contribution is 6.11. The van der Waals surface area contributed by atoms with Gasteiger partial charge < -0.3 is 15.0 Å². The zero-order valence-electron chi connectivity index (χ0n) is 18.8. The van der Waals surface area contributed by atoms with E-state index in [1.807, 2.05) is 24.4 Å². The van der Waals surface area contributed by atoms with Gasteiger partial charge in [0, 0.05) is 42.8 Å². The van der Waals surface area contributed by atoms with Gasteiger partial charge >= 0.3 is 0 Å². The van der Waals surface area contributed by atoms with E-state index in [-0.39, 0.29) is 6.23 Å². The number of aromatic nitrogens is 1. The molecule has 176 valence electrons. The molecule has 7 rings (SSSR count). The largest absolute Gasteiger partial charge is 0.361 e. The monoisotopic (exact) mass is 461 g/mol. The Labute approximate surface area is 196 Å². The van der Waals surface area contributed by atoms with Crippen LogP contribution in [0.3, 0.4) is 0 Å². The van der Waals surface area contributed by atoms with E-state index in [1.54, 1.807) is 6.08 Å². The minimum absolute atomic E-state index is 0.0132. The van der Waals surface area contributed by atoms with Crippen molar-refractivity contribution in [2.75, 3.05) is 26.2 Å². The maximum absolute atomic E-state index is 13.3. The van der Waals surface area contributed by atoms with Crippen molar-refractivity contribution >= 4 is 34.7 Å². The van der Waals surface area contributed by atoms with E-state index in [4.69, 9.17) is 4.74 Å². The van der Waals surface area contributed by atoms with Gasteiger partial charge in [-0.05, 0) is 48.6 Å². The van der Waals surface area contributed by atoms with Crippen molar-refractivity contribution in [3.05, 3.63) is 41.6 Å². The number of hydrogen-bond acceptors (Lipinski definition) is 6. The van der Waals surface area contributed by atoms with Crippen molar-refractivity contribution in [1.29, 1.82) is 0 Å². The number of hydrogen-bond donors (Lipinski definition) is 2. The van der Waals surface area contributed by atoms with Crippen LogP contribution in [0.25, 0.3) is 16.5 Å². The fourth-order valence-corrected chi connectivity index (χ4v) is 6.69. The summed E-state index contributed by atoms with van der Waals surface area (Å²) in [6.07, 6.45) is 6.62. The third-order valence-corrected chi connectivity index (χ3v) is 8.25. The summed E-state index contributed by atoms with van der Waals surface area (Å²) in [7, 11) is 0. The molecule has 9 heteroatoms. The van der Waals surface area contributed by atoms with Gasteiger partial charge in [0.1, 0.15) is 18.4 Å². The van der Waals surface area contributed by atoms with Gasteiger partial charge in [-0.2, -0.15) is 0 Å². The van der Waals surface area contributed by atoms with Crippen molar-refractivity contribution in [3.63, 3.8) is 0 Å². The Bertz CT molecular complexity index is 1240. The zero-order valence-corrected chi connectivity index (χ0v) is 18.8. The highest BCUT2D eigenvalue weighted by atomic mass is 16.5. The quantitative estimate of drug-likeness (QED) is 0.515. The smallest absolute Gasteiger partial charge is 0.246 e. The molecule has 5 atom stereocenters. The molecule has 34 heavy (non-hydrogen) atoms. The minimum atomic E-state index is -1.06. The first-order chi connectivity index (χ1) is 16.6. The summed E-state index contributed by atoms with van der Waals surface area (Å²) < 4.78 is 6.25. The lowest BCUT2D eigenvalue weighted by atomic mass is 9.79. The van der Waals surface area contributed by atoms with Gasteiger partial charge in [0.05, 0.1) is 6.04 Å². The van der Waals surface area contributed by atoms with Gasteiger partial charge in [0.15, 0.2) is 0 Å². The van der Waals surface area contributed by atoms with Crippen LogP contribution in [-0.4, -0.2) is 88.6 Å². The van der Waals surface area contributed by atoms with Crippen LogP contribution in [0.5, 0.6) is 0 Å². The van der Waals surface area contributed by atoms with E-state index >= 15 is 0 Å². The second kappa shape index (κ2) is 7.49. The summed E-state index contributed by atoms with van der Waals surface area (Å²) in [6.45, 7) is 3.67. The molecule has 3 amide bonds. The molecule has 2 aromatic rings. The molecule has 0 saturated carbocycles. The van der Waals surface area contributed by atoms with Crippen LogP contribution in [0.15, 0.2) is 30.5 Å². The highest BCUT2D eigenvalue weighted by Crippen LogP contribution is 2.41. The molecule has 0 unspecified atom stereocenters. The van der Waals surface area contributed by atoms with Crippen molar-refractivity contribution in [2.24, 2.45) is 5.92 Å². The van der Waals surface area contributed by atoms with Crippen LogP contribution in [0.4, 0.5) is 0 Å². The van der Waals surface area contributed by atoms with Crippen molar-refractivity contribution < 1.29 is 19.1 Å². The number of aromatic amines is 1. The molecule has 1 aliphatic carbocycles. The zero-order chi connectivity index (χ0) is 23.0. The van der Waals surface area contributed by atoms with E-state index in [9.17, 15) is 14.4 Å². The van der Waals surface area contributed by atoms with E-state index in [0.29, 0.717) is 25.4 Å². The highest BCUT2D eigenvalue weighted by Gasteiger charge is 2.47. The van der Waals surface area contributed by atoms with Crippen molar-refractivity contribution in [1.82, 2.24) is 25.0 Å². The van der Waals surface area contributed by atoms with Gasteiger partial charge in [0.25, 0.3) is 0 Å². The number of nitrogens with zero attached hydrogens (tertiary/aromatic N) is 3. The number of amides is 3. The predicted octanol–water partition coefficient (Wildman–Crippen LogP) is 0.669. The Morgan fingerprint density at radius 3 is 2.97 bits per heavy atom. The summed E-state index contributed by atoms with van der Waals surface area (Å²) in [4.78, 5) is 47.8. The van der Waals surface area contributed by atoms with E-state index in [0.717, 1.165) is 53.7 Å². The second-order valence-electron chi connectivity index (χ2n) is 9.98. The molecule has 3 saturated heterocycles. The summed E-state index contributed by atoms with van der Waals surface area (Å²) in [5.74, 6) is -1.95. The molecule has 5 heterocycles. The van der Waals surface area contributed by atoms with E-state index in [1.165, 1.54) is 11.3 Å². The SMILES string of the molecule is O=CN1C(=O)[C@H](C(=O)N[C@H]2CN3CCN4CCC[C@H]4[C@@H]3O2)C=C2c3cccc4[nH]cc(c34)C[C@H]21. The molecular weight excluding hydrogens is 434 g/mol. The molecule has 3 fully saturated rings. The molecule has 0 bridgehead atoms. The Morgan fingerprint density at radius 2 is 2.09 bits per heavy atom. The van der Waals surface area contributed by atoms with Gasteiger partial charge in [-0.25, -0.2) is 0 Å². The lowest BCUT2D eigenvalue weighted by Crippen LogP contribution is -2.54. The Hall–Kier alpha value is -3.01. The number of benzene rings is 1. The third kappa shape index (κ3) is 2.87. The second-order valence-corrected chi connectivity index (χ2v) is 9.98. The number of ether oxygens (including phenoxy) is 1.